The largest absolute Gasteiger partial charge is 0.872 e. The van der Waals surface area contributed by atoms with Gasteiger partial charge in [-0.2, -0.15) is 0 Å². The van der Waals surface area contributed by atoms with E-state index in [0.29, 0.717) is 10.0 Å². The van der Waals surface area contributed by atoms with Crippen molar-refractivity contribution in [3.63, 3.8) is 0 Å². The molecular weight excluding hydrogens is 280 g/mol. The number of carbonyl (C=O) groups excluding carboxylic acids is 1. The summed E-state index contributed by atoms with van der Waals surface area (Å²) >= 11 is 0. The zero-order valence-corrected chi connectivity index (χ0v) is 12.9. The third-order valence-electron chi connectivity index (χ3n) is 4.98. The van der Waals surface area contributed by atoms with Crippen LogP contribution >= 0.6 is 0 Å². The Balaban J connectivity index is 1.92. The van der Waals surface area contributed by atoms with Gasteiger partial charge in [-0.3, -0.25) is 4.90 Å². The Morgan fingerprint density at radius 2 is 1.82 bits per heavy atom. The van der Waals surface area contributed by atoms with Crippen LogP contribution in [0, 0.1) is 0 Å². The number of hydrogen-bond donors (Lipinski definition) is 0. The second-order valence-electron chi connectivity index (χ2n) is 6.10. The van der Waals surface area contributed by atoms with Crippen LogP contribution in [-0.2, 0) is 9.53 Å². The predicted octanol–water partition coefficient (Wildman–Crippen LogP) is 0.0754. The van der Waals surface area contributed by atoms with Crippen molar-refractivity contribution in [1.82, 2.24) is 4.90 Å². The number of benzene rings is 1. The molecule has 0 radical (unpaired) electrons. The fourth-order valence-electron chi connectivity index (χ4n) is 3.52. The van der Waals surface area contributed by atoms with Gasteiger partial charge in [-0.05, 0) is 11.6 Å². The van der Waals surface area contributed by atoms with E-state index in [2.05, 4.69) is 4.90 Å². The van der Waals surface area contributed by atoms with Crippen molar-refractivity contribution < 1.29 is 19.1 Å². The molecule has 3 aliphatic rings. The third kappa shape index (κ3) is 2.74. The highest BCUT2D eigenvalue weighted by Gasteiger charge is 2.46. The first-order valence-electron chi connectivity index (χ1n) is 7.75. The molecule has 1 aromatic carbocycles. The predicted molar refractivity (Wildman–Crippen MR) is 81.5 cm³/mol. The number of carbonyl (C=O) groups is 1. The first-order valence-corrected chi connectivity index (χ1v) is 7.75. The summed E-state index contributed by atoms with van der Waals surface area (Å²) in [5.74, 6) is -0.406. The molecule has 1 unspecified atom stereocenters. The van der Waals surface area contributed by atoms with E-state index in [4.69, 9.17) is 4.74 Å². The molecular formula is C17H22N2O3. The van der Waals surface area contributed by atoms with E-state index in [9.17, 15) is 9.90 Å². The molecule has 2 bridgehead atoms. The molecule has 3 aliphatic heterocycles. The maximum atomic E-state index is 12.5. The Kier molecular flexibility index (Phi) is 4.18. The van der Waals surface area contributed by atoms with Crippen molar-refractivity contribution in [2.75, 3.05) is 46.4 Å². The Hall–Kier alpha value is -1.85. The number of nitrogens with zero attached hydrogens (tertiary/aromatic N) is 2. The van der Waals surface area contributed by atoms with Gasteiger partial charge in [0.15, 0.2) is 0 Å². The molecule has 0 saturated carbocycles. The van der Waals surface area contributed by atoms with Crippen molar-refractivity contribution in [2.45, 2.75) is 6.04 Å². The number of hydrogen-bond acceptors (Lipinski definition) is 4. The smallest absolute Gasteiger partial charge is 0.369 e. The maximum Gasteiger partial charge on any atom is 0.369 e. The molecule has 1 aromatic rings. The fraction of sp³-hybridized carbons (Fsp3) is 0.471. The van der Waals surface area contributed by atoms with E-state index < -0.39 is 6.04 Å². The SMILES string of the molecule is COC(=O)C(/C=C(\[O-])c1ccccc1)[N+]12CCN(CC1)CC2. The van der Waals surface area contributed by atoms with E-state index in [0.717, 1.165) is 39.3 Å². The average molecular weight is 302 g/mol. The highest BCUT2D eigenvalue weighted by molar-refractivity contribution is 5.79. The molecule has 5 nitrogen and oxygen atoms in total. The molecule has 4 rings (SSSR count). The number of quaternary nitrogens is 1. The van der Waals surface area contributed by atoms with Crippen LogP contribution in [-0.4, -0.2) is 67.8 Å². The quantitative estimate of drug-likeness (QED) is 0.449. The van der Waals surface area contributed by atoms with Crippen LogP contribution in [0.15, 0.2) is 36.4 Å². The summed E-state index contributed by atoms with van der Waals surface area (Å²) in [6.45, 7) is 5.66. The lowest BCUT2D eigenvalue weighted by molar-refractivity contribution is -0.950. The van der Waals surface area contributed by atoms with Crippen molar-refractivity contribution in [3.8, 4) is 0 Å². The van der Waals surface area contributed by atoms with Gasteiger partial charge < -0.3 is 14.3 Å². The standard InChI is InChI=1S/C17H22N2O3/c1-22-17(21)15(13-16(20)14-5-3-2-4-6-14)19-10-7-18(8-11-19)9-12-19/h2-6,13,15H,7-12H2,1H3/b16-13-. The maximum absolute atomic E-state index is 12.5. The minimum absolute atomic E-state index is 0.100. The lowest BCUT2D eigenvalue weighted by Crippen LogP contribution is -2.72. The van der Waals surface area contributed by atoms with Crippen LogP contribution < -0.4 is 5.11 Å². The number of ether oxygens (including phenoxy) is 1. The number of fused-ring (bicyclic) bond motifs is 3. The van der Waals surface area contributed by atoms with Gasteiger partial charge in [0.05, 0.1) is 26.7 Å². The van der Waals surface area contributed by atoms with E-state index in [1.54, 1.807) is 18.2 Å². The highest BCUT2D eigenvalue weighted by atomic mass is 16.5. The van der Waals surface area contributed by atoms with Crippen LogP contribution in [0.25, 0.3) is 5.76 Å². The van der Waals surface area contributed by atoms with Crippen molar-refractivity contribution in [3.05, 3.63) is 42.0 Å². The number of methoxy groups -OCH3 is 1. The molecule has 22 heavy (non-hydrogen) atoms. The zero-order valence-electron chi connectivity index (χ0n) is 12.9. The summed E-state index contributed by atoms with van der Waals surface area (Å²) in [6.07, 6.45) is 1.57. The first-order chi connectivity index (χ1) is 10.6. The molecule has 0 amide bonds. The molecule has 3 fully saturated rings. The summed E-state index contributed by atoms with van der Waals surface area (Å²) in [6, 6.07) is 8.60. The monoisotopic (exact) mass is 302 g/mol. The molecule has 0 aromatic heterocycles. The van der Waals surface area contributed by atoms with E-state index >= 15 is 0 Å². The van der Waals surface area contributed by atoms with E-state index in [1.807, 2.05) is 18.2 Å². The van der Waals surface area contributed by atoms with Gasteiger partial charge in [0.1, 0.15) is 0 Å². The minimum atomic E-state index is -0.500. The highest BCUT2D eigenvalue weighted by Crippen LogP contribution is 2.26. The second-order valence-corrected chi connectivity index (χ2v) is 6.10. The third-order valence-corrected chi connectivity index (χ3v) is 4.98. The number of esters is 1. The molecule has 0 N–H and O–H groups in total. The number of piperazine rings is 3. The van der Waals surface area contributed by atoms with Gasteiger partial charge in [0.2, 0.25) is 6.04 Å². The van der Waals surface area contributed by atoms with Crippen LogP contribution in [0.5, 0.6) is 0 Å². The molecule has 0 aliphatic carbocycles. The van der Waals surface area contributed by atoms with Gasteiger partial charge in [-0.25, -0.2) is 4.79 Å². The van der Waals surface area contributed by atoms with Crippen molar-refractivity contribution in [1.29, 1.82) is 0 Å². The first kappa shape index (κ1) is 15.1. The second kappa shape index (κ2) is 6.10. The van der Waals surface area contributed by atoms with Crippen molar-refractivity contribution >= 4 is 11.7 Å². The van der Waals surface area contributed by atoms with Gasteiger partial charge in [0.25, 0.3) is 0 Å². The van der Waals surface area contributed by atoms with Crippen LogP contribution in [0.4, 0.5) is 0 Å². The Bertz CT molecular complexity index is 549. The topological polar surface area (TPSA) is 52.6 Å². The van der Waals surface area contributed by atoms with Crippen LogP contribution in [0.3, 0.4) is 0 Å². The van der Waals surface area contributed by atoms with Crippen molar-refractivity contribution in [2.24, 2.45) is 0 Å². The zero-order chi connectivity index (χ0) is 15.6. The Labute approximate surface area is 131 Å². The summed E-state index contributed by atoms with van der Waals surface area (Å²) in [7, 11) is 1.40. The van der Waals surface area contributed by atoms with Gasteiger partial charge in [-0.15, -0.1) is 0 Å². The Morgan fingerprint density at radius 3 is 2.36 bits per heavy atom. The molecule has 3 saturated heterocycles. The van der Waals surface area contributed by atoms with Crippen LogP contribution in [0.1, 0.15) is 5.56 Å². The summed E-state index contributed by atoms with van der Waals surface area (Å²) < 4.78 is 5.65. The van der Waals surface area contributed by atoms with E-state index in [-0.39, 0.29) is 11.7 Å². The summed E-state index contributed by atoms with van der Waals surface area (Å²) in [4.78, 5) is 14.7. The molecule has 1 atom stereocenters. The van der Waals surface area contributed by atoms with Gasteiger partial charge in [0, 0.05) is 19.6 Å². The molecule has 0 spiro atoms. The molecule has 3 heterocycles. The van der Waals surface area contributed by atoms with E-state index in [1.165, 1.54) is 7.11 Å². The minimum Gasteiger partial charge on any atom is -0.872 e. The van der Waals surface area contributed by atoms with Gasteiger partial charge in [-0.1, -0.05) is 36.1 Å². The average Bonchev–Trinajstić information content (AvgIpc) is 2.61. The van der Waals surface area contributed by atoms with Crippen LogP contribution in [0.2, 0.25) is 0 Å². The Morgan fingerprint density at radius 1 is 1.23 bits per heavy atom. The normalized spacial score (nSPS) is 29.1. The molecule has 5 heteroatoms. The number of rotatable bonds is 4. The fourth-order valence-corrected chi connectivity index (χ4v) is 3.52. The molecule has 118 valence electrons. The summed E-state index contributed by atoms with van der Waals surface area (Å²) in [5.41, 5.74) is 0.616. The lowest BCUT2D eigenvalue weighted by Gasteiger charge is -2.52. The lowest BCUT2D eigenvalue weighted by atomic mass is 10.0. The summed E-state index contributed by atoms with van der Waals surface area (Å²) in [5, 5.41) is 12.5. The van der Waals surface area contributed by atoms with Gasteiger partial charge >= 0.3 is 5.97 Å².